The zero-order valence-electron chi connectivity index (χ0n) is 6.74. The molecule has 1 aromatic carbocycles. The molecule has 0 atom stereocenters. The van der Waals surface area contributed by atoms with Gasteiger partial charge in [-0.3, -0.25) is 4.98 Å². The van der Waals surface area contributed by atoms with Crippen LogP contribution < -0.4 is 4.74 Å². The Morgan fingerprint density at radius 1 is 1.33 bits per heavy atom. The summed E-state index contributed by atoms with van der Waals surface area (Å²) < 4.78 is 5.18. The molecule has 0 amide bonds. The van der Waals surface area contributed by atoms with Crippen LogP contribution >= 0.6 is 0 Å². The van der Waals surface area contributed by atoms with Crippen LogP contribution in [0.4, 0.5) is 0 Å². The maximum absolute atomic E-state index is 5.18. The highest BCUT2D eigenvalue weighted by Crippen LogP contribution is 2.23. The molecule has 0 unspecified atom stereocenters. The highest BCUT2D eigenvalue weighted by atomic mass is 16.5. The number of ether oxygens (including phenoxy) is 1. The first-order chi connectivity index (χ1) is 5.92. The average Bonchev–Trinajstić information content (AvgIpc) is 2.17. The second-order valence-electron chi connectivity index (χ2n) is 2.48. The molecule has 0 aliphatic rings. The van der Waals surface area contributed by atoms with E-state index in [2.05, 4.69) is 11.2 Å². The first-order valence-electron chi connectivity index (χ1n) is 3.71. The summed E-state index contributed by atoms with van der Waals surface area (Å²) in [4.78, 5) is 3.91. The lowest BCUT2D eigenvalue weighted by Crippen LogP contribution is -1.84. The van der Waals surface area contributed by atoms with Gasteiger partial charge in [0, 0.05) is 17.0 Å². The largest absolute Gasteiger partial charge is 0.496 e. The predicted octanol–water partition coefficient (Wildman–Crippen LogP) is 2.04. The van der Waals surface area contributed by atoms with E-state index >= 15 is 0 Å². The summed E-state index contributed by atoms with van der Waals surface area (Å²) in [6.45, 7) is 0. The van der Waals surface area contributed by atoms with E-state index in [0.717, 1.165) is 16.5 Å². The normalized spacial score (nSPS) is 10.1. The van der Waals surface area contributed by atoms with Gasteiger partial charge in [0.1, 0.15) is 5.75 Å². The van der Waals surface area contributed by atoms with Crippen LogP contribution in [0.15, 0.2) is 30.5 Å². The molecule has 0 saturated heterocycles. The minimum Gasteiger partial charge on any atom is -0.496 e. The van der Waals surface area contributed by atoms with Crippen LogP contribution in [0.5, 0.6) is 5.75 Å². The zero-order chi connectivity index (χ0) is 8.39. The topological polar surface area (TPSA) is 22.1 Å². The van der Waals surface area contributed by atoms with Gasteiger partial charge in [-0.25, -0.2) is 0 Å². The smallest absolute Gasteiger partial charge is 0.126 e. The van der Waals surface area contributed by atoms with Crippen LogP contribution in [0.3, 0.4) is 0 Å². The van der Waals surface area contributed by atoms with Crippen molar-refractivity contribution in [3.63, 3.8) is 0 Å². The second-order valence-corrected chi connectivity index (χ2v) is 2.48. The van der Waals surface area contributed by atoms with Crippen molar-refractivity contribution in [3.05, 3.63) is 36.7 Å². The van der Waals surface area contributed by atoms with Gasteiger partial charge >= 0.3 is 0 Å². The first kappa shape index (κ1) is 7.10. The summed E-state index contributed by atoms with van der Waals surface area (Å²) in [7, 11) is 1.66. The van der Waals surface area contributed by atoms with Gasteiger partial charge in [0.05, 0.1) is 13.3 Å². The van der Waals surface area contributed by atoms with Gasteiger partial charge in [0.25, 0.3) is 0 Å². The van der Waals surface area contributed by atoms with Gasteiger partial charge in [-0.05, 0) is 12.1 Å². The van der Waals surface area contributed by atoms with Crippen LogP contribution in [0.2, 0.25) is 0 Å². The highest BCUT2D eigenvalue weighted by Gasteiger charge is 1.98. The summed E-state index contributed by atoms with van der Waals surface area (Å²) in [6, 6.07) is 7.74. The van der Waals surface area contributed by atoms with E-state index in [4.69, 9.17) is 4.74 Å². The van der Waals surface area contributed by atoms with Crippen LogP contribution in [0.1, 0.15) is 0 Å². The van der Waals surface area contributed by atoms with E-state index in [0.29, 0.717) is 0 Å². The van der Waals surface area contributed by atoms with Crippen molar-refractivity contribution < 1.29 is 4.74 Å². The fourth-order valence-corrected chi connectivity index (χ4v) is 1.21. The third-order valence-electron chi connectivity index (χ3n) is 1.79. The van der Waals surface area contributed by atoms with Crippen LogP contribution in [-0.4, -0.2) is 12.1 Å². The molecule has 0 bridgehead atoms. The Hall–Kier alpha value is -1.57. The van der Waals surface area contributed by atoms with E-state index in [1.165, 1.54) is 0 Å². The standard InChI is InChI=1S/C10H8NO/c1-12-10-4-2-3-8-7-11-6-5-9(8)10/h2-6H,1H3. The summed E-state index contributed by atoms with van der Waals surface area (Å²) in [5, 5.41) is 2.03. The van der Waals surface area contributed by atoms with Crippen molar-refractivity contribution in [3.8, 4) is 5.75 Å². The molecule has 0 spiro atoms. The van der Waals surface area contributed by atoms with Crippen molar-refractivity contribution in [1.29, 1.82) is 0 Å². The molecule has 12 heavy (non-hydrogen) atoms. The molecule has 0 saturated carbocycles. The monoisotopic (exact) mass is 158 g/mol. The number of nitrogens with zero attached hydrogens (tertiary/aromatic N) is 1. The van der Waals surface area contributed by atoms with Gasteiger partial charge in [0.2, 0.25) is 0 Å². The number of fused-ring (bicyclic) bond motifs is 1. The average molecular weight is 158 g/mol. The Balaban J connectivity index is 2.79. The van der Waals surface area contributed by atoms with E-state index in [-0.39, 0.29) is 0 Å². The Labute approximate surface area is 70.8 Å². The Kier molecular flexibility index (Phi) is 1.67. The number of methoxy groups -OCH3 is 1. The van der Waals surface area contributed by atoms with Crippen molar-refractivity contribution in [2.75, 3.05) is 7.11 Å². The van der Waals surface area contributed by atoms with Gasteiger partial charge in [0.15, 0.2) is 0 Å². The van der Waals surface area contributed by atoms with Gasteiger partial charge in [-0.15, -0.1) is 0 Å². The Morgan fingerprint density at radius 2 is 2.25 bits per heavy atom. The molecule has 1 heterocycles. The highest BCUT2D eigenvalue weighted by molar-refractivity contribution is 5.86. The third kappa shape index (κ3) is 1.01. The maximum Gasteiger partial charge on any atom is 0.126 e. The van der Waals surface area contributed by atoms with E-state index in [1.54, 1.807) is 13.3 Å². The van der Waals surface area contributed by atoms with Crippen molar-refractivity contribution >= 4 is 10.8 Å². The number of benzene rings is 1. The van der Waals surface area contributed by atoms with E-state index in [9.17, 15) is 0 Å². The maximum atomic E-state index is 5.18. The lowest BCUT2D eigenvalue weighted by atomic mass is 10.2. The fourth-order valence-electron chi connectivity index (χ4n) is 1.21. The zero-order valence-corrected chi connectivity index (χ0v) is 6.74. The van der Waals surface area contributed by atoms with Gasteiger partial charge in [-0.1, -0.05) is 12.1 Å². The number of hydrogen-bond acceptors (Lipinski definition) is 2. The molecule has 2 heteroatoms. The molecule has 59 valence electrons. The molecule has 1 aromatic heterocycles. The number of hydrogen-bond donors (Lipinski definition) is 0. The molecular formula is C10H8NO. The van der Waals surface area contributed by atoms with E-state index < -0.39 is 0 Å². The lowest BCUT2D eigenvalue weighted by molar-refractivity contribution is 0.420. The summed E-state index contributed by atoms with van der Waals surface area (Å²) in [6.07, 6.45) is 4.61. The first-order valence-corrected chi connectivity index (χ1v) is 3.71. The van der Waals surface area contributed by atoms with Crippen molar-refractivity contribution in [2.24, 2.45) is 0 Å². The van der Waals surface area contributed by atoms with Crippen LogP contribution in [0.25, 0.3) is 10.8 Å². The lowest BCUT2D eigenvalue weighted by Gasteiger charge is -2.02. The fraction of sp³-hybridized carbons (Fsp3) is 0.100. The molecule has 0 aliphatic heterocycles. The summed E-state index contributed by atoms with van der Waals surface area (Å²) in [5.74, 6) is 0.867. The summed E-state index contributed by atoms with van der Waals surface area (Å²) in [5.41, 5.74) is 0. The molecule has 2 rings (SSSR count). The number of rotatable bonds is 1. The second kappa shape index (κ2) is 2.81. The molecule has 2 nitrogen and oxygen atoms in total. The molecular weight excluding hydrogens is 150 g/mol. The Morgan fingerprint density at radius 3 is 3.08 bits per heavy atom. The van der Waals surface area contributed by atoms with Gasteiger partial charge in [-0.2, -0.15) is 0 Å². The van der Waals surface area contributed by atoms with Crippen molar-refractivity contribution in [2.45, 2.75) is 0 Å². The SMILES string of the molecule is COc1cccc2[c]nccc12. The van der Waals surface area contributed by atoms with Crippen LogP contribution in [-0.2, 0) is 0 Å². The molecule has 0 fully saturated rings. The number of pyridine rings is 1. The van der Waals surface area contributed by atoms with E-state index in [1.807, 2.05) is 24.3 Å². The Bertz CT molecular complexity index is 392. The number of aromatic nitrogens is 1. The third-order valence-corrected chi connectivity index (χ3v) is 1.79. The van der Waals surface area contributed by atoms with Gasteiger partial charge < -0.3 is 4.74 Å². The molecule has 2 aromatic rings. The molecule has 0 N–H and O–H groups in total. The van der Waals surface area contributed by atoms with Crippen LogP contribution in [0, 0.1) is 6.20 Å². The predicted molar refractivity (Wildman–Crippen MR) is 47.1 cm³/mol. The minimum absolute atomic E-state index is 0.867. The molecule has 1 radical (unpaired) electrons. The molecule has 0 aliphatic carbocycles. The van der Waals surface area contributed by atoms with Crippen molar-refractivity contribution in [1.82, 2.24) is 4.98 Å². The summed E-state index contributed by atoms with van der Waals surface area (Å²) >= 11 is 0. The quantitative estimate of drug-likeness (QED) is 0.633. The minimum atomic E-state index is 0.867.